The normalized spacial score (nSPS) is 18.2. The molecule has 4 rings (SSSR count). The first kappa shape index (κ1) is 21.1. The first-order valence-corrected chi connectivity index (χ1v) is 10.8. The standard InChI is InChI=1S/C24H27N5OS/c1-16-7-10-18(11-8-16)26-21(30)13-15-29-23(20-12-9-17(2)28(20)3)22(27-24(29)31)19-6-4-5-14-25-19/h4-12,14,22-23H,13,15H2,1-3H3,(H,26,30)(H,27,31)/t22-,23+/m1/s1. The van der Waals surface area contributed by atoms with Crippen molar-refractivity contribution in [2.75, 3.05) is 11.9 Å². The molecule has 7 heteroatoms. The van der Waals surface area contributed by atoms with Crippen molar-refractivity contribution in [2.45, 2.75) is 32.4 Å². The maximum atomic E-state index is 12.6. The Balaban J connectivity index is 1.54. The molecule has 6 nitrogen and oxygen atoms in total. The molecule has 0 spiro atoms. The SMILES string of the molecule is Cc1ccc(NC(=O)CCN2C(=S)N[C@H](c3ccccn3)[C@@H]2c2ccc(C)n2C)cc1. The summed E-state index contributed by atoms with van der Waals surface area (Å²) < 4.78 is 2.18. The van der Waals surface area contributed by atoms with Gasteiger partial charge in [0.25, 0.3) is 0 Å². The van der Waals surface area contributed by atoms with Gasteiger partial charge in [-0.05, 0) is 62.5 Å². The molecule has 31 heavy (non-hydrogen) atoms. The molecule has 1 aliphatic rings. The van der Waals surface area contributed by atoms with Crippen molar-refractivity contribution in [1.82, 2.24) is 19.8 Å². The number of pyridine rings is 1. The van der Waals surface area contributed by atoms with E-state index in [4.69, 9.17) is 12.2 Å². The average molecular weight is 434 g/mol. The summed E-state index contributed by atoms with van der Waals surface area (Å²) in [6, 6.07) is 17.8. The van der Waals surface area contributed by atoms with Crippen LogP contribution in [0.25, 0.3) is 0 Å². The second-order valence-corrected chi connectivity index (χ2v) is 8.33. The molecule has 0 saturated carbocycles. The van der Waals surface area contributed by atoms with Gasteiger partial charge in [-0.15, -0.1) is 0 Å². The Labute approximate surface area is 188 Å². The van der Waals surface area contributed by atoms with E-state index >= 15 is 0 Å². The van der Waals surface area contributed by atoms with E-state index in [0.717, 1.165) is 22.6 Å². The first-order valence-electron chi connectivity index (χ1n) is 10.4. The maximum absolute atomic E-state index is 12.6. The van der Waals surface area contributed by atoms with Crippen LogP contribution < -0.4 is 10.6 Å². The van der Waals surface area contributed by atoms with Crippen LogP contribution in [0.5, 0.6) is 0 Å². The molecule has 1 fully saturated rings. The number of thiocarbonyl (C=S) groups is 1. The fourth-order valence-corrected chi connectivity index (χ4v) is 4.31. The number of benzene rings is 1. The zero-order valence-electron chi connectivity index (χ0n) is 18.0. The number of amides is 1. The summed E-state index contributed by atoms with van der Waals surface area (Å²) in [5.74, 6) is -0.0326. The van der Waals surface area contributed by atoms with Gasteiger partial charge < -0.3 is 20.1 Å². The highest BCUT2D eigenvalue weighted by Gasteiger charge is 2.41. The van der Waals surface area contributed by atoms with Gasteiger partial charge in [0.15, 0.2) is 5.11 Å². The van der Waals surface area contributed by atoms with Crippen molar-refractivity contribution in [3.8, 4) is 0 Å². The van der Waals surface area contributed by atoms with Crippen LogP contribution in [0.1, 0.15) is 41.1 Å². The average Bonchev–Trinajstić information content (AvgIpc) is 3.27. The van der Waals surface area contributed by atoms with Crippen LogP contribution in [0.3, 0.4) is 0 Å². The van der Waals surface area contributed by atoms with Crippen molar-refractivity contribution < 1.29 is 4.79 Å². The van der Waals surface area contributed by atoms with Crippen LogP contribution in [0.4, 0.5) is 5.69 Å². The van der Waals surface area contributed by atoms with Gasteiger partial charge in [-0.1, -0.05) is 23.8 Å². The van der Waals surface area contributed by atoms with Crippen LogP contribution in [0, 0.1) is 13.8 Å². The molecule has 3 aromatic rings. The van der Waals surface area contributed by atoms with E-state index in [1.165, 1.54) is 5.69 Å². The number of hydrogen-bond donors (Lipinski definition) is 2. The molecule has 0 radical (unpaired) electrons. The third-order valence-corrected chi connectivity index (χ3v) is 6.18. The van der Waals surface area contributed by atoms with Crippen LogP contribution >= 0.6 is 12.2 Å². The number of rotatable bonds is 6. The van der Waals surface area contributed by atoms with E-state index in [1.807, 2.05) is 49.4 Å². The smallest absolute Gasteiger partial charge is 0.226 e. The Bertz CT molecular complexity index is 1080. The van der Waals surface area contributed by atoms with Crippen molar-refractivity contribution in [2.24, 2.45) is 7.05 Å². The molecule has 160 valence electrons. The number of aryl methyl sites for hydroxylation is 2. The van der Waals surface area contributed by atoms with Gasteiger partial charge in [-0.25, -0.2) is 0 Å². The number of nitrogens with one attached hydrogen (secondary N) is 2. The molecular formula is C24H27N5OS. The van der Waals surface area contributed by atoms with E-state index in [2.05, 4.69) is 51.2 Å². The summed E-state index contributed by atoms with van der Waals surface area (Å²) in [5.41, 5.74) is 5.20. The van der Waals surface area contributed by atoms with Crippen molar-refractivity contribution in [1.29, 1.82) is 0 Å². The molecular weight excluding hydrogens is 406 g/mol. The number of anilines is 1. The minimum absolute atomic E-state index is 0.0326. The van der Waals surface area contributed by atoms with Crippen molar-refractivity contribution in [3.63, 3.8) is 0 Å². The lowest BCUT2D eigenvalue weighted by Crippen LogP contribution is -2.33. The van der Waals surface area contributed by atoms with Gasteiger partial charge in [0.1, 0.15) is 0 Å². The number of hydrogen-bond acceptors (Lipinski definition) is 3. The third-order valence-electron chi connectivity index (χ3n) is 5.83. The summed E-state index contributed by atoms with van der Waals surface area (Å²) in [7, 11) is 2.06. The van der Waals surface area contributed by atoms with E-state index in [0.29, 0.717) is 18.1 Å². The lowest BCUT2D eigenvalue weighted by Gasteiger charge is -2.28. The Kier molecular flexibility index (Phi) is 6.04. The Morgan fingerprint density at radius 3 is 2.55 bits per heavy atom. The number of carbonyl (C=O) groups excluding carboxylic acids is 1. The lowest BCUT2D eigenvalue weighted by molar-refractivity contribution is -0.116. The molecule has 0 bridgehead atoms. The Hall–Kier alpha value is -3.19. The molecule has 2 atom stereocenters. The zero-order valence-corrected chi connectivity index (χ0v) is 18.8. The highest BCUT2D eigenvalue weighted by molar-refractivity contribution is 7.80. The van der Waals surface area contributed by atoms with Crippen LogP contribution in [-0.4, -0.2) is 32.0 Å². The van der Waals surface area contributed by atoms with Gasteiger partial charge in [0, 0.05) is 43.3 Å². The van der Waals surface area contributed by atoms with E-state index in [1.54, 1.807) is 6.20 Å². The predicted molar refractivity (Wildman–Crippen MR) is 127 cm³/mol. The first-order chi connectivity index (χ1) is 14.9. The van der Waals surface area contributed by atoms with Crippen molar-refractivity contribution in [3.05, 3.63) is 83.4 Å². The van der Waals surface area contributed by atoms with Crippen molar-refractivity contribution >= 4 is 28.9 Å². The van der Waals surface area contributed by atoms with E-state index < -0.39 is 0 Å². The molecule has 1 saturated heterocycles. The highest BCUT2D eigenvalue weighted by atomic mass is 32.1. The molecule has 3 heterocycles. The van der Waals surface area contributed by atoms with Gasteiger partial charge >= 0.3 is 0 Å². The third kappa shape index (κ3) is 4.46. The predicted octanol–water partition coefficient (Wildman–Crippen LogP) is 4.04. The van der Waals surface area contributed by atoms with Crippen LogP contribution in [-0.2, 0) is 11.8 Å². The summed E-state index contributed by atoms with van der Waals surface area (Å²) in [6.07, 6.45) is 2.13. The second-order valence-electron chi connectivity index (χ2n) is 7.94. The summed E-state index contributed by atoms with van der Waals surface area (Å²) in [4.78, 5) is 19.3. The minimum Gasteiger partial charge on any atom is -0.352 e. The monoisotopic (exact) mass is 433 g/mol. The highest BCUT2D eigenvalue weighted by Crippen LogP contribution is 2.38. The number of nitrogens with zero attached hydrogens (tertiary/aromatic N) is 3. The largest absolute Gasteiger partial charge is 0.352 e. The van der Waals surface area contributed by atoms with Crippen LogP contribution in [0.15, 0.2) is 60.8 Å². The number of aromatic nitrogens is 2. The summed E-state index contributed by atoms with van der Waals surface area (Å²) >= 11 is 5.69. The maximum Gasteiger partial charge on any atom is 0.226 e. The quantitative estimate of drug-likeness (QED) is 0.575. The van der Waals surface area contributed by atoms with E-state index in [-0.39, 0.29) is 18.0 Å². The fourth-order valence-electron chi connectivity index (χ4n) is 3.98. The Morgan fingerprint density at radius 2 is 1.90 bits per heavy atom. The van der Waals surface area contributed by atoms with Gasteiger partial charge in [0.2, 0.25) is 5.91 Å². The zero-order chi connectivity index (χ0) is 22.0. The molecule has 0 aliphatic carbocycles. The molecule has 2 N–H and O–H groups in total. The minimum atomic E-state index is -0.0816. The van der Waals surface area contributed by atoms with Crippen LogP contribution in [0.2, 0.25) is 0 Å². The second kappa shape index (κ2) is 8.89. The molecule has 0 unspecified atom stereocenters. The summed E-state index contributed by atoms with van der Waals surface area (Å²) in [5, 5.41) is 7.05. The molecule has 2 aromatic heterocycles. The fraction of sp³-hybridized carbons (Fsp3) is 0.292. The van der Waals surface area contributed by atoms with Gasteiger partial charge in [-0.2, -0.15) is 0 Å². The summed E-state index contributed by atoms with van der Waals surface area (Å²) in [6.45, 7) is 4.62. The topological polar surface area (TPSA) is 62.2 Å². The molecule has 1 aliphatic heterocycles. The molecule has 1 aromatic carbocycles. The lowest BCUT2D eigenvalue weighted by atomic mass is 10.0. The molecule has 1 amide bonds. The Morgan fingerprint density at radius 1 is 1.13 bits per heavy atom. The van der Waals surface area contributed by atoms with Gasteiger partial charge in [0.05, 0.1) is 17.8 Å². The van der Waals surface area contributed by atoms with E-state index in [9.17, 15) is 4.79 Å². The van der Waals surface area contributed by atoms with Gasteiger partial charge in [-0.3, -0.25) is 9.78 Å². The number of carbonyl (C=O) groups is 1.